The van der Waals surface area contributed by atoms with Gasteiger partial charge in [-0.3, -0.25) is 9.69 Å². The van der Waals surface area contributed by atoms with Gasteiger partial charge in [0.1, 0.15) is 11.6 Å². The van der Waals surface area contributed by atoms with Crippen molar-refractivity contribution in [1.82, 2.24) is 30.0 Å². The molecule has 0 N–H and O–H groups in total. The maximum atomic E-state index is 15.0. The number of rotatable bonds is 6. The fourth-order valence-electron chi connectivity index (χ4n) is 6.68. The van der Waals surface area contributed by atoms with E-state index in [1.165, 1.54) is 17.7 Å². The highest BCUT2D eigenvalue weighted by Gasteiger charge is 2.45. The summed E-state index contributed by atoms with van der Waals surface area (Å²) in [5, 5.41) is 13.0. The number of halogens is 3. The predicted octanol–water partition coefficient (Wildman–Crippen LogP) is 6.30. The Morgan fingerprint density at radius 3 is 2.45 bits per heavy atom. The Kier molecular flexibility index (Phi) is 8.72. The molecule has 0 radical (unpaired) electrons. The zero-order chi connectivity index (χ0) is 30.3. The van der Waals surface area contributed by atoms with E-state index in [9.17, 15) is 13.6 Å². The maximum Gasteiger partial charge on any atom is 0.227 e. The first-order chi connectivity index (χ1) is 19.9. The molecule has 3 unspecified atom stereocenters. The number of hydrogen-bond donors (Lipinski definition) is 0. The molecule has 0 saturated carbocycles. The van der Waals surface area contributed by atoms with E-state index in [1.807, 2.05) is 29.5 Å². The van der Waals surface area contributed by atoms with Crippen molar-refractivity contribution in [1.29, 1.82) is 0 Å². The van der Waals surface area contributed by atoms with Crippen LogP contribution in [0.25, 0.3) is 0 Å². The normalized spacial score (nSPS) is 21.2. The van der Waals surface area contributed by atoms with Crippen molar-refractivity contribution in [3.8, 4) is 0 Å². The number of aryl methyl sites for hydroxylation is 2. The number of nitrogens with zero attached hydrogens (tertiary/aromatic N) is 6. The van der Waals surface area contributed by atoms with Crippen molar-refractivity contribution in [2.75, 3.05) is 26.2 Å². The monoisotopic (exact) mass is 598 g/mol. The number of hydrogen-bond acceptors (Lipinski definition) is 5. The van der Waals surface area contributed by atoms with E-state index in [4.69, 9.17) is 11.6 Å². The molecule has 7 nitrogen and oxygen atoms in total. The Hall–Kier alpha value is -2.91. The SMILES string of the molecule is CCc1nnnn1C(C)c1cc(Cl)c(C)cc1C1CCN(C(=O)C2CN(C(C)(C)C)CC2c2ccc(F)cc2F)CC1. The average molecular weight is 599 g/mol. The van der Waals surface area contributed by atoms with Crippen LogP contribution in [0.3, 0.4) is 0 Å². The molecule has 3 atom stereocenters. The van der Waals surface area contributed by atoms with Gasteiger partial charge in [-0.1, -0.05) is 30.7 Å². The molecule has 2 saturated heterocycles. The second kappa shape index (κ2) is 12.0. The van der Waals surface area contributed by atoms with Gasteiger partial charge >= 0.3 is 0 Å². The lowest BCUT2D eigenvalue weighted by molar-refractivity contribution is -0.136. The lowest BCUT2D eigenvalue weighted by atomic mass is 9.82. The minimum atomic E-state index is -0.607. The molecule has 0 bridgehead atoms. The number of carbonyl (C=O) groups excluding carboxylic acids is 1. The van der Waals surface area contributed by atoms with E-state index in [0.29, 0.717) is 36.8 Å². The molecular formula is C32H41ClF2N6O. The first kappa shape index (κ1) is 30.5. The Labute approximate surface area is 252 Å². The van der Waals surface area contributed by atoms with Crippen LogP contribution >= 0.6 is 11.6 Å². The summed E-state index contributed by atoms with van der Waals surface area (Å²) < 4.78 is 30.5. The quantitative estimate of drug-likeness (QED) is 0.333. The number of likely N-dealkylation sites (tertiary alicyclic amines) is 2. The van der Waals surface area contributed by atoms with E-state index in [0.717, 1.165) is 42.3 Å². The van der Waals surface area contributed by atoms with Gasteiger partial charge in [0, 0.05) is 55.1 Å². The van der Waals surface area contributed by atoms with Crippen molar-refractivity contribution in [3.63, 3.8) is 0 Å². The molecule has 0 aliphatic carbocycles. The summed E-state index contributed by atoms with van der Waals surface area (Å²) in [6.07, 6.45) is 2.35. The van der Waals surface area contributed by atoms with Crippen molar-refractivity contribution < 1.29 is 13.6 Å². The van der Waals surface area contributed by atoms with Crippen LogP contribution in [0.15, 0.2) is 30.3 Å². The topological polar surface area (TPSA) is 67.2 Å². The van der Waals surface area contributed by atoms with E-state index in [-0.39, 0.29) is 35.2 Å². The third kappa shape index (κ3) is 5.95. The van der Waals surface area contributed by atoms with Gasteiger partial charge in [0.05, 0.1) is 12.0 Å². The van der Waals surface area contributed by atoms with Gasteiger partial charge in [0.15, 0.2) is 5.82 Å². The molecule has 2 aliphatic heterocycles. The summed E-state index contributed by atoms with van der Waals surface area (Å²) in [5.41, 5.74) is 3.58. The standard InChI is InChI=1S/C32H41ClF2N6O/c1-7-30-36-37-38-41(30)20(3)24-16-28(33)19(2)14-25(24)21-10-12-39(13-11-21)31(42)27-18-40(32(4,5)6)17-26(27)23-9-8-22(34)15-29(23)35/h8-9,14-16,20-21,26-27H,7,10-13,17-18H2,1-6H3. The summed E-state index contributed by atoms with van der Waals surface area (Å²) in [6, 6.07) is 7.85. The van der Waals surface area contributed by atoms with E-state index >= 15 is 0 Å². The molecule has 1 aromatic heterocycles. The number of benzene rings is 2. The third-order valence-corrected chi connectivity index (χ3v) is 9.66. The minimum absolute atomic E-state index is 0.0519. The van der Waals surface area contributed by atoms with Crippen LogP contribution in [0.4, 0.5) is 8.78 Å². The summed E-state index contributed by atoms with van der Waals surface area (Å²) in [5.74, 6) is -0.782. The molecule has 0 spiro atoms. The molecular weight excluding hydrogens is 558 g/mol. The summed E-state index contributed by atoms with van der Waals surface area (Å²) in [4.78, 5) is 18.2. The van der Waals surface area contributed by atoms with Gasteiger partial charge in [-0.05, 0) is 98.2 Å². The first-order valence-electron chi connectivity index (χ1n) is 14.9. The minimum Gasteiger partial charge on any atom is -0.342 e. The van der Waals surface area contributed by atoms with Crippen molar-refractivity contribution in [2.45, 2.75) is 84.2 Å². The highest BCUT2D eigenvalue weighted by molar-refractivity contribution is 6.31. The molecule has 10 heteroatoms. The van der Waals surface area contributed by atoms with Gasteiger partial charge in [-0.15, -0.1) is 5.10 Å². The van der Waals surface area contributed by atoms with Crippen LogP contribution < -0.4 is 0 Å². The van der Waals surface area contributed by atoms with Gasteiger partial charge in [0.2, 0.25) is 5.91 Å². The van der Waals surface area contributed by atoms with Crippen LogP contribution in [-0.4, -0.2) is 67.6 Å². The number of aromatic nitrogens is 4. The zero-order valence-electron chi connectivity index (χ0n) is 25.4. The van der Waals surface area contributed by atoms with Crippen LogP contribution in [0.1, 0.15) is 93.4 Å². The Balaban J connectivity index is 1.36. The van der Waals surface area contributed by atoms with Gasteiger partial charge in [0.25, 0.3) is 0 Å². The molecule has 1 amide bonds. The van der Waals surface area contributed by atoms with Gasteiger partial charge < -0.3 is 4.90 Å². The van der Waals surface area contributed by atoms with Crippen LogP contribution in [0.5, 0.6) is 0 Å². The van der Waals surface area contributed by atoms with Crippen molar-refractivity contribution >= 4 is 17.5 Å². The van der Waals surface area contributed by atoms with Crippen LogP contribution in [0, 0.1) is 24.5 Å². The van der Waals surface area contributed by atoms with Gasteiger partial charge in [-0.2, -0.15) is 0 Å². The molecule has 2 aromatic carbocycles. The predicted molar refractivity (Wildman–Crippen MR) is 160 cm³/mol. The fourth-order valence-corrected chi connectivity index (χ4v) is 6.85. The number of tetrazole rings is 1. The van der Waals surface area contributed by atoms with E-state index in [1.54, 1.807) is 0 Å². The molecule has 42 heavy (non-hydrogen) atoms. The van der Waals surface area contributed by atoms with E-state index < -0.39 is 11.6 Å². The van der Waals surface area contributed by atoms with Crippen molar-refractivity contribution in [2.24, 2.45) is 5.92 Å². The Morgan fingerprint density at radius 1 is 1.10 bits per heavy atom. The molecule has 5 rings (SSSR count). The van der Waals surface area contributed by atoms with Crippen molar-refractivity contribution in [3.05, 3.63) is 75.1 Å². The average Bonchev–Trinajstić information content (AvgIpc) is 3.61. The smallest absolute Gasteiger partial charge is 0.227 e. The maximum absolute atomic E-state index is 15.0. The number of carbonyl (C=O) groups is 1. The van der Waals surface area contributed by atoms with E-state index in [2.05, 4.69) is 54.2 Å². The Morgan fingerprint density at radius 2 is 1.81 bits per heavy atom. The zero-order valence-corrected chi connectivity index (χ0v) is 26.1. The fraction of sp³-hybridized carbons (Fsp3) is 0.562. The van der Waals surface area contributed by atoms with Crippen LogP contribution in [0.2, 0.25) is 5.02 Å². The molecule has 2 fully saturated rings. The molecule has 226 valence electrons. The largest absolute Gasteiger partial charge is 0.342 e. The number of amides is 1. The lowest BCUT2D eigenvalue weighted by Crippen LogP contribution is -2.44. The lowest BCUT2D eigenvalue weighted by Gasteiger charge is -2.36. The number of piperidine rings is 1. The third-order valence-electron chi connectivity index (χ3n) is 9.25. The Bertz CT molecular complexity index is 1450. The second-order valence-corrected chi connectivity index (χ2v) is 13.3. The first-order valence-corrected chi connectivity index (χ1v) is 15.3. The summed E-state index contributed by atoms with van der Waals surface area (Å²) in [6.45, 7) is 14.8. The molecule has 3 heterocycles. The highest BCUT2D eigenvalue weighted by atomic mass is 35.5. The van der Waals surface area contributed by atoms with Crippen LogP contribution in [-0.2, 0) is 11.2 Å². The summed E-state index contributed by atoms with van der Waals surface area (Å²) in [7, 11) is 0. The second-order valence-electron chi connectivity index (χ2n) is 12.9. The summed E-state index contributed by atoms with van der Waals surface area (Å²) >= 11 is 6.60. The molecule has 3 aromatic rings. The molecule has 2 aliphatic rings. The highest BCUT2D eigenvalue weighted by Crippen LogP contribution is 2.41. The van der Waals surface area contributed by atoms with Gasteiger partial charge in [-0.25, -0.2) is 13.5 Å².